The van der Waals surface area contributed by atoms with Crippen LogP contribution in [0.25, 0.3) is 0 Å². The molecule has 3 rings (SSSR count). The minimum Gasteiger partial charge on any atom is -0.465 e. The topological polar surface area (TPSA) is 135 Å². The van der Waals surface area contributed by atoms with Crippen LogP contribution in [0, 0.1) is 17.8 Å². The molecule has 25 heavy (non-hydrogen) atoms. The van der Waals surface area contributed by atoms with Gasteiger partial charge in [0.15, 0.2) is 12.6 Å². The van der Waals surface area contributed by atoms with E-state index in [2.05, 4.69) is 6.58 Å². The first kappa shape index (κ1) is 18.7. The molecule has 3 fully saturated rings. The van der Waals surface area contributed by atoms with Crippen molar-refractivity contribution in [3.63, 3.8) is 0 Å². The van der Waals surface area contributed by atoms with Crippen LogP contribution >= 0.6 is 0 Å². The van der Waals surface area contributed by atoms with Crippen molar-refractivity contribution in [2.45, 2.75) is 43.4 Å². The van der Waals surface area contributed by atoms with Gasteiger partial charge in [0.1, 0.15) is 24.4 Å². The summed E-state index contributed by atoms with van der Waals surface area (Å²) >= 11 is 0. The van der Waals surface area contributed by atoms with Gasteiger partial charge in [0.2, 0.25) is 0 Å². The molecule has 0 aromatic heterocycles. The fraction of sp³-hybridized carbons (Fsp3) is 0.812. The molecule has 9 heteroatoms. The van der Waals surface area contributed by atoms with Crippen molar-refractivity contribution in [2.75, 3.05) is 19.8 Å². The molecule has 9 atom stereocenters. The zero-order chi connectivity index (χ0) is 18.1. The largest absolute Gasteiger partial charge is 0.465 e. The Morgan fingerprint density at radius 1 is 1.20 bits per heavy atom. The molecule has 0 radical (unpaired) electrons. The van der Waals surface area contributed by atoms with Crippen molar-refractivity contribution in [3.05, 3.63) is 12.7 Å². The van der Waals surface area contributed by atoms with Gasteiger partial charge in [0, 0.05) is 5.92 Å². The molecule has 0 bridgehead atoms. The number of fused-ring (bicyclic) bond motifs is 1. The lowest BCUT2D eigenvalue weighted by Gasteiger charge is -2.45. The predicted octanol–water partition coefficient (Wildman–Crippen LogP) is -1.86. The highest BCUT2D eigenvalue weighted by atomic mass is 16.8. The third-order valence-corrected chi connectivity index (χ3v) is 5.15. The Hall–Kier alpha value is -1.07. The van der Waals surface area contributed by atoms with Crippen LogP contribution in [-0.2, 0) is 23.7 Å². The maximum Gasteiger partial charge on any atom is 0.311 e. The summed E-state index contributed by atoms with van der Waals surface area (Å²) in [5.74, 6) is -1.11. The van der Waals surface area contributed by atoms with E-state index in [0.29, 0.717) is 13.0 Å². The lowest BCUT2D eigenvalue weighted by atomic mass is 9.76. The van der Waals surface area contributed by atoms with Gasteiger partial charge in [0.05, 0.1) is 25.7 Å². The first-order valence-corrected chi connectivity index (χ1v) is 8.34. The van der Waals surface area contributed by atoms with E-state index in [4.69, 9.17) is 18.9 Å². The van der Waals surface area contributed by atoms with Crippen molar-refractivity contribution in [3.8, 4) is 0 Å². The normalized spacial score (nSPS) is 47.7. The van der Waals surface area contributed by atoms with Gasteiger partial charge >= 0.3 is 5.97 Å². The molecule has 0 amide bonds. The number of aliphatic hydroxyl groups excluding tert-OH is 4. The fourth-order valence-corrected chi connectivity index (χ4v) is 3.67. The summed E-state index contributed by atoms with van der Waals surface area (Å²) in [6, 6.07) is 0. The summed E-state index contributed by atoms with van der Waals surface area (Å²) in [6.45, 7) is 3.66. The van der Waals surface area contributed by atoms with Crippen molar-refractivity contribution >= 4 is 5.97 Å². The Labute approximate surface area is 144 Å². The van der Waals surface area contributed by atoms with Gasteiger partial charge in [-0.25, -0.2) is 0 Å². The maximum absolute atomic E-state index is 11.9. The van der Waals surface area contributed by atoms with E-state index in [1.54, 1.807) is 6.08 Å². The van der Waals surface area contributed by atoms with E-state index >= 15 is 0 Å². The van der Waals surface area contributed by atoms with Crippen LogP contribution < -0.4 is 0 Å². The molecule has 0 spiro atoms. The highest BCUT2D eigenvalue weighted by Gasteiger charge is 2.49. The predicted molar refractivity (Wildman–Crippen MR) is 80.8 cm³/mol. The third kappa shape index (κ3) is 3.45. The molecular formula is C16H24O9. The molecule has 3 saturated heterocycles. The van der Waals surface area contributed by atoms with Crippen molar-refractivity contribution in [1.29, 1.82) is 0 Å². The van der Waals surface area contributed by atoms with Gasteiger partial charge in [-0.15, -0.1) is 6.58 Å². The molecule has 0 aromatic carbocycles. The molecule has 3 aliphatic heterocycles. The van der Waals surface area contributed by atoms with Gasteiger partial charge in [-0.3, -0.25) is 4.79 Å². The van der Waals surface area contributed by atoms with Crippen LogP contribution in [0.1, 0.15) is 6.42 Å². The van der Waals surface area contributed by atoms with E-state index in [0.717, 1.165) is 0 Å². The van der Waals surface area contributed by atoms with Gasteiger partial charge in [-0.1, -0.05) is 6.08 Å². The van der Waals surface area contributed by atoms with Gasteiger partial charge in [-0.2, -0.15) is 0 Å². The second-order valence-corrected chi connectivity index (χ2v) is 6.57. The van der Waals surface area contributed by atoms with Crippen LogP contribution in [-0.4, -0.2) is 83.2 Å². The molecule has 9 nitrogen and oxygen atoms in total. The molecular weight excluding hydrogens is 336 g/mol. The number of aliphatic hydroxyl groups is 4. The number of hydrogen-bond donors (Lipinski definition) is 4. The molecule has 4 N–H and O–H groups in total. The number of carbonyl (C=O) groups is 1. The van der Waals surface area contributed by atoms with E-state index in [9.17, 15) is 25.2 Å². The number of carbonyl (C=O) groups excluding carboxylic acids is 1. The first-order chi connectivity index (χ1) is 12.0. The molecule has 0 unspecified atom stereocenters. The Balaban J connectivity index is 1.71. The number of rotatable bonds is 4. The highest BCUT2D eigenvalue weighted by Crippen LogP contribution is 2.39. The minimum atomic E-state index is -1.53. The SMILES string of the molecule is C=C[C@H]1[C@H](O[C@@H]2O[C@H](CO)[C@H](O)[C@@H](O)[C@@H]2O)OC[C@@H]2C(=O)OCC[C@@H]12. The van der Waals surface area contributed by atoms with Crippen molar-refractivity contribution in [1.82, 2.24) is 0 Å². The number of ether oxygens (including phenoxy) is 4. The van der Waals surface area contributed by atoms with Crippen LogP contribution in [0.2, 0.25) is 0 Å². The Morgan fingerprint density at radius 3 is 2.64 bits per heavy atom. The van der Waals surface area contributed by atoms with E-state index in [-0.39, 0.29) is 24.4 Å². The van der Waals surface area contributed by atoms with Crippen LogP contribution in [0.3, 0.4) is 0 Å². The summed E-state index contributed by atoms with van der Waals surface area (Å²) in [6.07, 6.45) is -5.43. The van der Waals surface area contributed by atoms with Crippen molar-refractivity contribution < 1.29 is 44.2 Å². The maximum atomic E-state index is 11.9. The number of cyclic esters (lactones) is 1. The summed E-state index contributed by atoms with van der Waals surface area (Å²) in [5, 5.41) is 39.0. The first-order valence-electron chi connectivity index (χ1n) is 8.34. The summed E-state index contributed by atoms with van der Waals surface area (Å²) in [7, 11) is 0. The van der Waals surface area contributed by atoms with Crippen LogP contribution in [0.5, 0.6) is 0 Å². The zero-order valence-electron chi connectivity index (χ0n) is 13.6. The quantitative estimate of drug-likeness (QED) is 0.336. The minimum absolute atomic E-state index is 0.0672. The van der Waals surface area contributed by atoms with Gasteiger partial charge < -0.3 is 39.4 Å². The monoisotopic (exact) mass is 360 g/mol. The second kappa shape index (κ2) is 7.67. The molecule has 3 aliphatic rings. The highest BCUT2D eigenvalue weighted by molar-refractivity contribution is 5.73. The Kier molecular flexibility index (Phi) is 5.74. The number of hydrogen-bond acceptors (Lipinski definition) is 9. The van der Waals surface area contributed by atoms with E-state index in [1.807, 2.05) is 0 Å². The van der Waals surface area contributed by atoms with Crippen molar-refractivity contribution in [2.24, 2.45) is 17.8 Å². The average molecular weight is 360 g/mol. The van der Waals surface area contributed by atoms with Gasteiger partial charge in [0.25, 0.3) is 0 Å². The van der Waals surface area contributed by atoms with Gasteiger partial charge in [-0.05, 0) is 12.3 Å². The molecule has 0 saturated carbocycles. The third-order valence-electron chi connectivity index (χ3n) is 5.15. The second-order valence-electron chi connectivity index (χ2n) is 6.57. The zero-order valence-corrected chi connectivity index (χ0v) is 13.6. The summed E-state index contributed by atoms with van der Waals surface area (Å²) < 4.78 is 21.7. The molecule has 142 valence electrons. The summed E-state index contributed by atoms with van der Waals surface area (Å²) in [4.78, 5) is 11.9. The van der Waals surface area contributed by atoms with Crippen LogP contribution in [0.4, 0.5) is 0 Å². The van der Waals surface area contributed by atoms with Crippen LogP contribution in [0.15, 0.2) is 12.7 Å². The fourth-order valence-electron chi connectivity index (χ4n) is 3.67. The molecule has 3 heterocycles. The number of esters is 1. The molecule has 0 aromatic rings. The lowest BCUT2D eigenvalue weighted by Crippen LogP contribution is -2.60. The average Bonchev–Trinajstić information content (AvgIpc) is 2.62. The smallest absolute Gasteiger partial charge is 0.311 e. The summed E-state index contributed by atoms with van der Waals surface area (Å²) in [5.41, 5.74) is 0. The standard InChI is InChI=1S/C16H24O9/c1-2-7-8-3-4-22-14(21)9(8)6-23-15(7)25-16-13(20)12(19)11(18)10(5-17)24-16/h2,7-13,15-20H,1,3-6H2/t7-,8+,9+,10-,11+,12-,13+,15+,16+/m1/s1. The van der Waals surface area contributed by atoms with E-state index in [1.165, 1.54) is 0 Å². The molecule has 0 aliphatic carbocycles. The lowest BCUT2D eigenvalue weighted by molar-refractivity contribution is -0.352. The van der Waals surface area contributed by atoms with E-state index < -0.39 is 49.5 Å². The Morgan fingerprint density at radius 2 is 1.96 bits per heavy atom. The Bertz CT molecular complexity index is 496.